The molecule has 0 spiro atoms. The molecule has 38 heavy (non-hydrogen) atoms. The van der Waals surface area contributed by atoms with E-state index in [2.05, 4.69) is 15.6 Å². The van der Waals surface area contributed by atoms with E-state index in [1.54, 1.807) is 0 Å². The van der Waals surface area contributed by atoms with E-state index in [1.165, 1.54) is 17.0 Å². The van der Waals surface area contributed by atoms with E-state index in [0.29, 0.717) is 11.6 Å². The van der Waals surface area contributed by atoms with Gasteiger partial charge in [-0.1, -0.05) is 66.2 Å². The Labute approximate surface area is 223 Å². The summed E-state index contributed by atoms with van der Waals surface area (Å²) in [5.74, 6) is 0.313. The monoisotopic (exact) mass is 540 g/mol. The summed E-state index contributed by atoms with van der Waals surface area (Å²) < 4.78 is 40.8. The highest BCUT2D eigenvalue weighted by Gasteiger charge is 2.37. The number of benzene rings is 3. The van der Waals surface area contributed by atoms with Gasteiger partial charge in [0, 0.05) is 19.6 Å². The van der Waals surface area contributed by atoms with Gasteiger partial charge in [-0.2, -0.15) is 18.4 Å². The number of aliphatic imine (C=N–C) groups is 1. The van der Waals surface area contributed by atoms with Gasteiger partial charge in [0.1, 0.15) is 0 Å². The number of nitriles is 1. The Kier molecular flexibility index (Phi) is 8.08. The molecular weight excluding hydrogens is 517 g/mol. The molecule has 1 fully saturated rings. The highest BCUT2D eigenvalue weighted by molar-refractivity contribution is 6.34. The van der Waals surface area contributed by atoms with Crippen LogP contribution in [0, 0.1) is 18.4 Å². The number of amides is 2. The summed E-state index contributed by atoms with van der Waals surface area (Å²) in [4.78, 5) is 21.3. The van der Waals surface area contributed by atoms with Gasteiger partial charge in [-0.15, -0.1) is 0 Å². The topological polar surface area (TPSA) is 83.8 Å². The number of nitrogens with one attached hydrogen (secondary N) is 2. The summed E-state index contributed by atoms with van der Waals surface area (Å²) in [6, 6.07) is 18.7. The molecule has 0 aliphatic carbocycles. The molecule has 11 heteroatoms. The van der Waals surface area contributed by atoms with Gasteiger partial charge in [0.05, 0.1) is 28.0 Å². The lowest BCUT2D eigenvalue weighted by Crippen LogP contribution is -2.55. The molecule has 4 rings (SSSR count). The molecular formula is C27H24ClF3N6O. The van der Waals surface area contributed by atoms with Gasteiger partial charge in [-0.25, -0.2) is 9.79 Å². The number of urea groups is 1. The van der Waals surface area contributed by atoms with Gasteiger partial charge in [0.15, 0.2) is 6.19 Å². The molecule has 0 saturated carbocycles. The minimum absolute atomic E-state index is 0.150. The summed E-state index contributed by atoms with van der Waals surface area (Å²) in [6.07, 6.45) is -2.78. The standard InChI is InChI=1S/C27H24ClF3N6O/c1-18-8-5-6-13-22(18)34-25(33-17-32)36-14-15-37(23(16-36)19-9-3-2-4-10-19)26(38)35-24-20(27(29,30)31)11-7-12-21(24)28/h2-13,23H,14-16H2,1H3,(H,33,34)(H,35,38). The van der Waals surface area contributed by atoms with Crippen LogP contribution in [0.25, 0.3) is 0 Å². The SMILES string of the molecule is Cc1ccccc1N=C(NC#N)N1CCN(C(=O)Nc2c(Cl)cccc2C(F)(F)F)C(c2ccccc2)C1. The molecule has 0 aromatic heterocycles. The molecule has 1 atom stereocenters. The lowest BCUT2D eigenvalue weighted by Gasteiger charge is -2.42. The summed E-state index contributed by atoms with van der Waals surface area (Å²) in [5, 5.41) is 14.2. The van der Waals surface area contributed by atoms with Crippen molar-refractivity contribution in [3.63, 3.8) is 0 Å². The van der Waals surface area contributed by atoms with E-state index in [1.807, 2.05) is 72.6 Å². The molecule has 2 amide bonds. The van der Waals surface area contributed by atoms with Crippen molar-refractivity contribution in [2.75, 3.05) is 25.0 Å². The van der Waals surface area contributed by atoms with E-state index < -0.39 is 29.5 Å². The Morgan fingerprint density at radius 3 is 2.45 bits per heavy atom. The van der Waals surface area contributed by atoms with Gasteiger partial charge in [-0.3, -0.25) is 5.32 Å². The number of carbonyl (C=O) groups excluding carboxylic acids is 1. The van der Waals surface area contributed by atoms with Crippen molar-refractivity contribution < 1.29 is 18.0 Å². The third-order valence-corrected chi connectivity index (χ3v) is 6.50. The summed E-state index contributed by atoms with van der Waals surface area (Å²) in [7, 11) is 0. The van der Waals surface area contributed by atoms with Crippen LogP contribution < -0.4 is 10.6 Å². The summed E-state index contributed by atoms with van der Waals surface area (Å²) in [6.45, 7) is 2.58. The van der Waals surface area contributed by atoms with Crippen molar-refractivity contribution in [3.05, 3.63) is 94.5 Å². The van der Waals surface area contributed by atoms with Crippen molar-refractivity contribution in [1.29, 1.82) is 5.26 Å². The molecule has 1 saturated heterocycles. The van der Waals surface area contributed by atoms with Crippen LogP contribution in [0.2, 0.25) is 5.02 Å². The van der Waals surface area contributed by atoms with Crippen LogP contribution in [0.1, 0.15) is 22.7 Å². The Morgan fingerprint density at radius 1 is 1.05 bits per heavy atom. The van der Waals surface area contributed by atoms with Gasteiger partial charge >= 0.3 is 12.2 Å². The Balaban J connectivity index is 1.66. The molecule has 1 aliphatic rings. The lowest BCUT2D eigenvalue weighted by atomic mass is 10.0. The smallest absolute Gasteiger partial charge is 0.338 e. The van der Waals surface area contributed by atoms with Crippen LogP contribution in [-0.4, -0.2) is 41.4 Å². The maximum atomic E-state index is 13.6. The van der Waals surface area contributed by atoms with Crippen LogP contribution >= 0.6 is 11.6 Å². The molecule has 196 valence electrons. The van der Waals surface area contributed by atoms with E-state index >= 15 is 0 Å². The predicted octanol–water partition coefficient (Wildman–Crippen LogP) is 6.32. The lowest BCUT2D eigenvalue weighted by molar-refractivity contribution is -0.136. The molecule has 1 aliphatic heterocycles. The highest BCUT2D eigenvalue weighted by atomic mass is 35.5. The second-order valence-electron chi connectivity index (χ2n) is 8.61. The van der Waals surface area contributed by atoms with Crippen molar-refractivity contribution in [1.82, 2.24) is 15.1 Å². The van der Waals surface area contributed by atoms with Crippen LogP contribution in [0.15, 0.2) is 77.8 Å². The van der Waals surface area contributed by atoms with Crippen molar-refractivity contribution >= 4 is 35.0 Å². The third-order valence-electron chi connectivity index (χ3n) is 6.19. The zero-order chi connectivity index (χ0) is 27.3. The number of aryl methyl sites for hydroxylation is 1. The zero-order valence-corrected chi connectivity index (χ0v) is 21.1. The Bertz CT molecular complexity index is 1370. The number of para-hydroxylation sites is 2. The third kappa shape index (κ3) is 6.01. The normalized spacial score (nSPS) is 16.1. The number of anilines is 1. The van der Waals surface area contributed by atoms with E-state index in [-0.39, 0.29) is 24.7 Å². The fraction of sp³-hybridized carbons (Fsp3) is 0.222. The van der Waals surface area contributed by atoms with Gasteiger partial charge in [0.2, 0.25) is 5.96 Å². The molecule has 0 bridgehead atoms. The molecule has 1 heterocycles. The number of guanidine groups is 1. The second kappa shape index (κ2) is 11.4. The van der Waals surface area contributed by atoms with Crippen molar-refractivity contribution in [3.8, 4) is 6.19 Å². The number of nitrogens with zero attached hydrogens (tertiary/aromatic N) is 4. The minimum atomic E-state index is -4.70. The number of hydrogen-bond acceptors (Lipinski definition) is 3. The first-order valence-electron chi connectivity index (χ1n) is 11.7. The molecule has 0 radical (unpaired) electrons. The van der Waals surface area contributed by atoms with Crippen molar-refractivity contribution in [2.24, 2.45) is 4.99 Å². The summed E-state index contributed by atoms with van der Waals surface area (Å²) >= 11 is 6.07. The summed E-state index contributed by atoms with van der Waals surface area (Å²) in [5.41, 5.74) is 0.852. The van der Waals surface area contributed by atoms with Gasteiger partial charge < -0.3 is 15.1 Å². The number of rotatable bonds is 3. The maximum absolute atomic E-state index is 13.6. The van der Waals surface area contributed by atoms with Crippen LogP contribution in [0.3, 0.4) is 0 Å². The number of carbonyl (C=O) groups is 1. The fourth-order valence-corrected chi connectivity index (χ4v) is 4.50. The fourth-order valence-electron chi connectivity index (χ4n) is 4.28. The highest BCUT2D eigenvalue weighted by Crippen LogP contribution is 2.39. The molecule has 2 N–H and O–H groups in total. The Morgan fingerprint density at radius 2 is 1.76 bits per heavy atom. The quantitative estimate of drug-likeness (QED) is 0.176. The first kappa shape index (κ1) is 26.8. The average molecular weight is 541 g/mol. The van der Waals surface area contributed by atoms with Crippen LogP contribution in [0.4, 0.5) is 29.3 Å². The Hall–Kier alpha value is -4.23. The zero-order valence-electron chi connectivity index (χ0n) is 20.3. The van der Waals surface area contributed by atoms with Gasteiger partial charge in [0.25, 0.3) is 0 Å². The number of alkyl halides is 3. The predicted molar refractivity (Wildman–Crippen MR) is 140 cm³/mol. The molecule has 7 nitrogen and oxygen atoms in total. The number of hydrogen-bond donors (Lipinski definition) is 2. The number of halogens is 4. The van der Waals surface area contributed by atoms with Crippen molar-refractivity contribution in [2.45, 2.75) is 19.1 Å². The average Bonchev–Trinajstić information content (AvgIpc) is 2.90. The largest absolute Gasteiger partial charge is 0.418 e. The first-order chi connectivity index (χ1) is 18.2. The van der Waals surface area contributed by atoms with Gasteiger partial charge in [-0.05, 0) is 36.2 Å². The van der Waals surface area contributed by atoms with E-state index in [4.69, 9.17) is 11.6 Å². The van der Waals surface area contributed by atoms with E-state index in [0.717, 1.165) is 17.2 Å². The maximum Gasteiger partial charge on any atom is 0.418 e. The molecule has 1 unspecified atom stereocenters. The number of piperazine rings is 1. The van der Waals surface area contributed by atoms with Crippen LogP contribution in [-0.2, 0) is 6.18 Å². The van der Waals surface area contributed by atoms with Crippen LogP contribution in [0.5, 0.6) is 0 Å². The minimum Gasteiger partial charge on any atom is -0.338 e. The second-order valence-corrected chi connectivity index (χ2v) is 9.02. The first-order valence-corrected chi connectivity index (χ1v) is 12.1. The van der Waals surface area contributed by atoms with E-state index in [9.17, 15) is 23.2 Å². The molecule has 3 aromatic carbocycles. The molecule has 3 aromatic rings.